The van der Waals surface area contributed by atoms with Crippen molar-refractivity contribution < 1.29 is 26.5 Å². The van der Waals surface area contributed by atoms with Crippen LogP contribution in [0.5, 0.6) is 5.75 Å². The van der Waals surface area contributed by atoms with Gasteiger partial charge in [0.1, 0.15) is 18.0 Å². The third-order valence-corrected chi connectivity index (χ3v) is 7.02. The second-order valence-corrected chi connectivity index (χ2v) is 9.29. The van der Waals surface area contributed by atoms with Crippen LogP contribution in [0.3, 0.4) is 0 Å². The van der Waals surface area contributed by atoms with Crippen LogP contribution >= 0.6 is 0 Å². The van der Waals surface area contributed by atoms with Crippen LogP contribution < -0.4 is 9.64 Å². The first kappa shape index (κ1) is 24.0. The molecular weight excluding hydrogens is 504 g/mol. The van der Waals surface area contributed by atoms with E-state index in [4.69, 9.17) is 4.74 Å². The lowest BCUT2D eigenvalue weighted by Crippen LogP contribution is -2.37. The van der Waals surface area contributed by atoms with Gasteiger partial charge in [0.2, 0.25) is 5.95 Å². The van der Waals surface area contributed by atoms with Crippen LogP contribution in [0.4, 0.5) is 23.5 Å². The van der Waals surface area contributed by atoms with E-state index in [0.717, 1.165) is 12.4 Å². The lowest BCUT2D eigenvalue weighted by molar-refractivity contribution is -0.138. The van der Waals surface area contributed by atoms with Gasteiger partial charge < -0.3 is 9.64 Å². The Morgan fingerprint density at radius 1 is 1.14 bits per heavy atom. The van der Waals surface area contributed by atoms with Crippen LogP contribution in [0.2, 0.25) is 0 Å². The summed E-state index contributed by atoms with van der Waals surface area (Å²) in [6, 6.07) is 4.27. The molecule has 1 saturated heterocycles. The van der Waals surface area contributed by atoms with Crippen molar-refractivity contribution in [3.8, 4) is 11.4 Å². The number of nitrogens with zero attached hydrogens (tertiary/aromatic N) is 8. The molecule has 2 aliphatic heterocycles. The zero-order valence-corrected chi connectivity index (χ0v) is 19.3. The maximum Gasteiger partial charge on any atom is 0.419 e. The van der Waals surface area contributed by atoms with Crippen molar-refractivity contribution in [3.05, 3.63) is 59.4 Å². The maximum absolute atomic E-state index is 14.4. The van der Waals surface area contributed by atoms with Crippen molar-refractivity contribution in [1.82, 2.24) is 30.2 Å². The fourth-order valence-corrected chi connectivity index (χ4v) is 5.12. The lowest BCUT2D eigenvalue weighted by Gasteiger charge is -2.31. The molecule has 36 heavy (non-hydrogen) atoms. The molecule has 0 bridgehead atoms. The molecule has 4 heterocycles. The number of hydrogen-bond donors (Lipinski definition) is 0. The molecule has 1 aromatic carbocycles. The van der Waals surface area contributed by atoms with Crippen LogP contribution in [0, 0.1) is 11.7 Å². The number of aliphatic imine (C=N–C) groups is 1. The molecule has 15 heteroatoms. The molecule has 0 N–H and O–H groups in total. The van der Waals surface area contributed by atoms with Crippen molar-refractivity contribution in [2.24, 2.45) is 10.9 Å². The lowest BCUT2D eigenvalue weighted by atomic mass is 9.98. The molecule has 0 spiro atoms. The van der Waals surface area contributed by atoms with Gasteiger partial charge in [0.15, 0.2) is 11.6 Å². The summed E-state index contributed by atoms with van der Waals surface area (Å²) in [5.74, 6) is -0.453. The molecule has 1 atom stereocenters. The van der Waals surface area contributed by atoms with Crippen molar-refractivity contribution in [3.63, 3.8) is 0 Å². The highest BCUT2D eigenvalue weighted by molar-refractivity contribution is 8.03. The largest absolute Gasteiger partial charge is 0.484 e. The molecular formula is C21H18F4N8O2S. The van der Waals surface area contributed by atoms with Gasteiger partial charge in [-0.05, 0) is 35.4 Å². The Morgan fingerprint density at radius 2 is 1.89 bits per heavy atom. The summed E-state index contributed by atoms with van der Waals surface area (Å²) in [6.07, 6.45) is -0.444. The minimum Gasteiger partial charge on any atom is -0.484 e. The first-order valence-electron chi connectivity index (χ1n) is 10.8. The van der Waals surface area contributed by atoms with Gasteiger partial charge in [-0.25, -0.2) is 28.2 Å². The number of rotatable bonds is 6. The van der Waals surface area contributed by atoms with E-state index in [0.29, 0.717) is 42.4 Å². The Hall–Kier alpha value is -3.75. The summed E-state index contributed by atoms with van der Waals surface area (Å²) in [5.41, 5.74) is -0.0406. The molecule has 1 fully saturated rings. The minimum atomic E-state index is -4.49. The van der Waals surface area contributed by atoms with Gasteiger partial charge in [-0.1, -0.05) is 0 Å². The molecule has 0 amide bonds. The normalized spacial score (nSPS) is 18.8. The number of tetrazole rings is 1. The highest BCUT2D eigenvalue weighted by atomic mass is 32.2. The molecule has 5 rings (SSSR count). The fourth-order valence-electron chi connectivity index (χ4n) is 3.86. The van der Waals surface area contributed by atoms with Crippen LogP contribution in [0.1, 0.15) is 18.4 Å². The average Bonchev–Trinajstić information content (AvgIpc) is 3.53. The van der Waals surface area contributed by atoms with Crippen molar-refractivity contribution in [1.29, 1.82) is 0 Å². The highest BCUT2D eigenvalue weighted by Gasteiger charge is 2.33. The Kier molecular flexibility index (Phi) is 6.47. The topological polar surface area (TPSA) is 111 Å². The second-order valence-electron chi connectivity index (χ2n) is 8.05. The summed E-state index contributed by atoms with van der Waals surface area (Å²) < 4.78 is 72.1. The number of piperidine rings is 1. The number of halogens is 4. The number of anilines is 1. The Bertz CT molecular complexity index is 1320. The van der Waals surface area contributed by atoms with Crippen LogP contribution in [-0.4, -0.2) is 59.1 Å². The molecule has 188 valence electrons. The summed E-state index contributed by atoms with van der Waals surface area (Å²) in [4.78, 5) is 13.9. The van der Waals surface area contributed by atoms with Gasteiger partial charge in [0.05, 0.1) is 27.7 Å². The van der Waals surface area contributed by atoms with Gasteiger partial charge in [-0.2, -0.15) is 13.2 Å². The van der Waals surface area contributed by atoms with Gasteiger partial charge in [-0.3, -0.25) is 0 Å². The first-order chi connectivity index (χ1) is 17.3. The van der Waals surface area contributed by atoms with Crippen LogP contribution in [0.25, 0.3) is 5.69 Å². The number of benzene rings is 1. The molecule has 0 radical (unpaired) electrons. The molecule has 1 unspecified atom stereocenters. The van der Waals surface area contributed by atoms with E-state index in [1.807, 2.05) is 0 Å². The SMILES string of the molecule is O=S1C=C(COc2ccc(-n3cnnn3)cc2F)N=C1C1CCN(c2ncc(C(F)(F)F)cn2)CC1. The highest BCUT2D eigenvalue weighted by Crippen LogP contribution is 2.30. The number of hydrogen-bond acceptors (Lipinski definition) is 9. The summed E-state index contributed by atoms with van der Waals surface area (Å²) >= 11 is 0. The minimum absolute atomic E-state index is 0.00649. The van der Waals surface area contributed by atoms with Crippen LogP contribution in [-0.2, 0) is 17.0 Å². The second kappa shape index (κ2) is 9.72. The average molecular weight is 522 g/mol. The van der Waals surface area contributed by atoms with E-state index < -0.39 is 28.4 Å². The monoisotopic (exact) mass is 522 g/mol. The van der Waals surface area contributed by atoms with E-state index in [9.17, 15) is 21.8 Å². The first-order valence-corrected chi connectivity index (χ1v) is 12.0. The Morgan fingerprint density at radius 3 is 2.53 bits per heavy atom. The van der Waals surface area contributed by atoms with E-state index in [1.165, 1.54) is 28.5 Å². The molecule has 0 saturated carbocycles. The molecule has 2 aromatic heterocycles. The van der Waals surface area contributed by atoms with Gasteiger partial charge >= 0.3 is 6.18 Å². The van der Waals surface area contributed by atoms with Gasteiger partial charge in [-0.15, -0.1) is 5.10 Å². The van der Waals surface area contributed by atoms with Crippen molar-refractivity contribution in [2.75, 3.05) is 24.6 Å². The molecule has 2 aliphatic rings. The number of aromatic nitrogens is 6. The summed E-state index contributed by atoms with van der Waals surface area (Å²) in [5, 5.41) is 12.7. The van der Waals surface area contributed by atoms with E-state index in [-0.39, 0.29) is 24.2 Å². The predicted molar refractivity (Wildman–Crippen MR) is 120 cm³/mol. The zero-order chi connectivity index (χ0) is 25.3. The van der Waals surface area contributed by atoms with Gasteiger partial charge in [0, 0.05) is 42.9 Å². The summed E-state index contributed by atoms with van der Waals surface area (Å²) in [7, 11) is -1.43. The van der Waals surface area contributed by atoms with Crippen molar-refractivity contribution >= 4 is 21.8 Å². The smallest absolute Gasteiger partial charge is 0.419 e. The third-order valence-electron chi connectivity index (χ3n) is 5.70. The third kappa shape index (κ3) is 5.10. The quantitative estimate of drug-likeness (QED) is 0.455. The Balaban J connectivity index is 1.17. The standard InChI is InChI=1S/C21H18F4N8O2S/c22-17-7-16(33-12-28-30-31-33)1-2-18(17)35-10-15-11-36(34)19(29-15)13-3-5-32(6-4-13)20-26-8-14(9-27-20)21(23,24)25/h1-2,7-9,11-13H,3-6,10H2. The Labute approximate surface area is 204 Å². The van der Waals surface area contributed by atoms with E-state index in [2.05, 4.69) is 30.5 Å². The van der Waals surface area contributed by atoms with E-state index in [1.54, 1.807) is 11.0 Å². The van der Waals surface area contributed by atoms with Crippen LogP contribution in [0.15, 0.2) is 53.0 Å². The predicted octanol–water partition coefficient (Wildman–Crippen LogP) is 2.91. The van der Waals surface area contributed by atoms with Crippen molar-refractivity contribution in [2.45, 2.75) is 19.0 Å². The number of alkyl halides is 3. The van der Waals surface area contributed by atoms with E-state index >= 15 is 0 Å². The summed E-state index contributed by atoms with van der Waals surface area (Å²) in [6.45, 7) is 0.905. The molecule has 3 aromatic rings. The maximum atomic E-state index is 14.4. The molecule has 10 nitrogen and oxygen atoms in total. The molecule has 0 aliphatic carbocycles. The fraction of sp³-hybridized carbons (Fsp3) is 0.333. The zero-order valence-electron chi connectivity index (χ0n) is 18.5. The van der Waals surface area contributed by atoms with Gasteiger partial charge in [0.25, 0.3) is 0 Å². The number of ether oxygens (including phenoxy) is 1.